The lowest BCUT2D eigenvalue weighted by Crippen LogP contribution is -2.10. The van der Waals surface area contributed by atoms with Crippen molar-refractivity contribution in [3.63, 3.8) is 0 Å². The molecule has 1 aromatic carbocycles. The standard InChI is InChI=1S/C8H9Cl2NO/c1-12-11-5-6-2-7(9)4-8(10)3-6/h2-4,11H,5H2,1H3. The summed E-state index contributed by atoms with van der Waals surface area (Å²) in [5.74, 6) is 0. The number of hydrogen-bond donors (Lipinski definition) is 1. The highest BCUT2D eigenvalue weighted by atomic mass is 35.5. The van der Waals surface area contributed by atoms with Crippen LogP contribution in [0.15, 0.2) is 18.2 Å². The van der Waals surface area contributed by atoms with Crippen LogP contribution in [-0.4, -0.2) is 7.11 Å². The summed E-state index contributed by atoms with van der Waals surface area (Å²) in [6, 6.07) is 5.36. The zero-order chi connectivity index (χ0) is 8.97. The molecule has 0 aliphatic rings. The van der Waals surface area contributed by atoms with E-state index in [-0.39, 0.29) is 0 Å². The molecule has 0 aliphatic heterocycles. The highest BCUT2D eigenvalue weighted by Crippen LogP contribution is 2.18. The van der Waals surface area contributed by atoms with Gasteiger partial charge in [-0.2, -0.15) is 5.48 Å². The lowest BCUT2D eigenvalue weighted by Gasteiger charge is -2.02. The van der Waals surface area contributed by atoms with Gasteiger partial charge in [-0.05, 0) is 23.8 Å². The van der Waals surface area contributed by atoms with Crippen molar-refractivity contribution >= 4 is 23.2 Å². The molecular formula is C8H9Cl2NO. The molecule has 0 saturated heterocycles. The minimum atomic E-state index is 0.594. The topological polar surface area (TPSA) is 21.3 Å². The van der Waals surface area contributed by atoms with Gasteiger partial charge in [0.2, 0.25) is 0 Å². The lowest BCUT2D eigenvalue weighted by molar-refractivity contribution is 0.0867. The normalized spacial score (nSPS) is 10.2. The summed E-state index contributed by atoms with van der Waals surface area (Å²) in [4.78, 5) is 4.69. The predicted molar refractivity (Wildman–Crippen MR) is 50.3 cm³/mol. The van der Waals surface area contributed by atoms with Crippen LogP contribution in [0.2, 0.25) is 10.0 Å². The number of hydroxylamine groups is 1. The van der Waals surface area contributed by atoms with Crippen LogP contribution in [0.1, 0.15) is 5.56 Å². The maximum absolute atomic E-state index is 5.78. The molecule has 12 heavy (non-hydrogen) atoms. The fraction of sp³-hybridized carbons (Fsp3) is 0.250. The van der Waals surface area contributed by atoms with E-state index in [9.17, 15) is 0 Å². The van der Waals surface area contributed by atoms with E-state index in [1.54, 1.807) is 13.2 Å². The van der Waals surface area contributed by atoms with Crippen molar-refractivity contribution in [2.24, 2.45) is 0 Å². The third-order valence-corrected chi connectivity index (χ3v) is 1.78. The third-order valence-electron chi connectivity index (χ3n) is 1.34. The highest BCUT2D eigenvalue weighted by molar-refractivity contribution is 6.34. The Kier molecular flexibility index (Phi) is 3.82. The van der Waals surface area contributed by atoms with Crippen molar-refractivity contribution in [3.8, 4) is 0 Å². The first-order valence-electron chi connectivity index (χ1n) is 3.43. The molecule has 0 amide bonds. The van der Waals surface area contributed by atoms with Crippen LogP contribution in [0.5, 0.6) is 0 Å². The van der Waals surface area contributed by atoms with Gasteiger partial charge in [0.25, 0.3) is 0 Å². The average Bonchev–Trinajstić information content (AvgIpc) is 1.99. The smallest absolute Gasteiger partial charge is 0.0572 e. The van der Waals surface area contributed by atoms with E-state index in [2.05, 4.69) is 10.3 Å². The molecule has 4 heteroatoms. The number of hydrogen-bond acceptors (Lipinski definition) is 2. The SMILES string of the molecule is CONCc1cc(Cl)cc(Cl)c1. The van der Waals surface area contributed by atoms with Crippen molar-refractivity contribution in [1.82, 2.24) is 5.48 Å². The Morgan fingerprint density at radius 3 is 2.33 bits per heavy atom. The van der Waals surface area contributed by atoms with Gasteiger partial charge in [-0.15, -0.1) is 0 Å². The Labute approximate surface area is 81.4 Å². The Balaban J connectivity index is 2.72. The molecule has 0 radical (unpaired) electrons. The highest BCUT2D eigenvalue weighted by Gasteiger charge is 1.96. The van der Waals surface area contributed by atoms with Crippen LogP contribution in [0.3, 0.4) is 0 Å². The van der Waals surface area contributed by atoms with E-state index in [0.29, 0.717) is 16.6 Å². The molecule has 0 atom stereocenters. The molecule has 0 bridgehead atoms. The summed E-state index contributed by atoms with van der Waals surface area (Å²) in [6.07, 6.45) is 0. The molecule has 0 aliphatic carbocycles. The fourth-order valence-electron chi connectivity index (χ4n) is 0.869. The average molecular weight is 206 g/mol. The van der Waals surface area contributed by atoms with Gasteiger partial charge in [0.15, 0.2) is 0 Å². The predicted octanol–water partition coefficient (Wildman–Crippen LogP) is 2.64. The van der Waals surface area contributed by atoms with E-state index in [4.69, 9.17) is 23.2 Å². The van der Waals surface area contributed by atoms with Gasteiger partial charge in [0, 0.05) is 16.6 Å². The van der Waals surface area contributed by atoms with Crippen LogP contribution >= 0.6 is 23.2 Å². The zero-order valence-electron chi connectivity index (χ0n) is 6.60. The summed E-state index contributed by atoms with van der Waals surface area (Å²) < 4.78 is 0. The number of halogens is 2. The summed E-state index contributed by atoms with van der Waals surface area (Å²) in [7, 11) is 1.56. The van der Waals surface area contributed by atoms with E-state index >= 15 is 0 Å². The first-order valence-corrected chi connectivity index (χ1v) is 4.19. The summed E-state index contributed by atoms with van der Waals surface area (Å²) in [6.45, 7) is 0.594. The summed E-state index contributed by atoms with van der Waals surface area (Å²) in [5.41, 5.74) is 3.70. The van der Waals surface area contributed by atoms with Crippen LogP contribution < -0.4 is 5.48 Å². The van der Waals surface area contributed by atoms with Crippen LogP contribution in [0.4, 0.5) is 0 Å². The fourth-order valence-corrected chi connectivity index (χ4v) is 1.44. The molecule has 0 fully saturated rings. The minimum Gasteiger partial charge on any atom is -0.305 e. The maximum atomic E-state index is 5.78. The first-order chi connectivity index (χ1) is 5.72. The van der Waals surface area contributed by atoms with Gasteiger partial charge in [-0.3, -0.25) is 0 Å². The molecule has 0 aromatic heterocycles. The van der Waals surface area contributed by atoms with Crippen LogP contribution in [0.25, 0.3) is 0 Å². The molecule has 1 aromatic rings. The molecule has 0 saturated carbocycles. The Bertz CT molecular complexity index is 245. The van der Waals surface area contributed by atoms with E-state index < -0.39 is 0 Å². The van der Waals surface area contributed by atoms with Gasteiger partial charge >= 0.3 is 0 Å². The Hall–Kier alpha value is -0.280. The maximum Gasteiger partial charge on any atom is 0.0572 e. The molecule has 0 heterocycles. The number of benzene rings is 1. The van der Waals surface area contributed by atoms with Gasteiger partial charge in [0.05, 0.1) is 7.11 Å². The van der Waals surface area contributed by atoms with Gasteiger partial charge < -0.3 is 4.84 Å². The van der Waals surface area contributed by atoms with Crippen molar-refractivity contribution in [2.75, 3.05) is 7.11 Å². The second-order valence-corrected chi connectivity index (χ2v) is 3.18. The Morgan fingerprint density at radius 1 is 1.25 bits per heavy atom. The van der Waals surface area contributed by atoms with Gasteiger partial charge in [-0.1, -0.05) is 23.2 Å². The largest absolute Gasteiger partial charge is 0.305 e. The van der Waals surface area contributed by atoms with Gasteiger partial charge in [0.1, 0.15) is 0 Å². The summed E-state index contributed by atoms with van der Waals surface area (Å²) in [5, 5.41) is 1.27. The molecule has 0 unspecified atom stereocenters. The minimum absolute atomic E-state index is 0.594. The third kappa shape index (κ3) is 2.99. The van der Waals surface area contributed by atoms with Crippen LogP contribution in [0, 0.1) is 0 Å². The zero-order valence-corrected chi connectivity index (χ0v) is 8.12. The van der Waals surface area contributed by atoms with Gasteiger partial charge in [-0.25, -0.2) is 0 Å². The van der Waals surface area contributed by atoms with E-state index in [0.717, 1.165) is 5.56 Å². The molecule has 1 N–H and O–H groups in total. The molecule has 2 nitrogen and oxygen atoms in total. The van der Waals surface area contributed by atoms with E-state index in [1.165, 1.54) is 0 Å². The van der Waals surface area contributed by atoms with Crippen molar-refractivity contribution in [2.45, 2.75) is 6.54 Å². The molecule has 0 spiro atoms. The monoisotopic (exact) mass is 205 g/mol. The van der Waals surface area contributed by atoms with Crippen molar-refractivity contribution in [1.29, 1.82) is 0 Å². The van der Waals surface area contributed by atoms with Crippen LogP contribution in [-0.2, 0) is 11.4 Å². The van der Waals surface area contributed by atoms with E-state index in [1.807, 2.05) is 12.1 Å². The first kappa shape index (κ1) is 9.81. The quantitative estimate of drug-likeness (QED) is 0.767. The molecule has 66 valence electrons. The van der Waals surface area contributed by atoms with Crippen molar-refractivity contribution < 1.29 is 4.84 Å². The number of nitrogens with one attached hydrogen (secondary N) is 1. The lowest BCUT2D eigenvalue weighted by atomic mass is 10.2. The summed E-state index contributed by atoms with van der Waals surface area (Å²) >= 11 is 11.6. The second kappa shape index (κ2) is 4.67. The Morgan fingerprint density at radius 2 is 1.83 bits per heavy atom. The van der Waals surface area contributed by atoms with Crippen molar-refractivity contribution in [3.05, 3.63) is 33.8 Å². The molecule has 1 rings (SSSR count). The number of rotatable bonds is 3. The second-order valence-electron chi connectivity index (χ2n) is 2.30. The molecular weight excluding hydrogens is 197 g/mol.